The third-order valence-electron chi connectivity index (χ3n) is 3.34. The highest BCUT2D eigenvalue weighted by Crippen LogP contribution is 2.26. The van der Waals surface area contributed by atoms with E-state index < -0.39 is 0 Å². The second-order valence-electron chi connectivity index (χ2n) is 5.20. The van der Waals surface area contributed by atoms with E-state index in [1.807, 2.05) is 0 Å². The molecule has 2 rings (SSSR count). The predicted octanol–water partition coefficient (Wildman–Crippen LogP) is 1.05. The van der Waals surface area contributed by atoms with Crippen LogP contribution in [0.4, 0.5) is 0 Å². The predicted molar refractivity (Wildman–Crippen MR) is 57.2 cm³/mol. The summed E-state index contributed by atoms with van der Waals surface area (Å²) in [5.41, 5.74) is 0.171. The maximum absolute atomic E-state index is 5.81. The minimum absolute atomic E-state index is 0.171. The fourth-order valence-electron chi connectivity index (χ4n) is 2.42. The second kappa shape index (κ2) is 3.80. The fourth-order valence-corrected chi connectivity index (χ4v) is 2.42. The topological polar surface area (TPSA) is 24.5 Å². The third-order valence-corrected chi connectivity index (χ3v) is 3.34. The molecule has 0 saturated carbocycles. The molecule has 82 valence electrons. The van der Waals surface area contributed by atoms with Gasteiger partial charge in [0.05, 0.1) is 6.61 Å². The van der Waals surface area contributed by atoms with Gasteiger partial charge in [-0.3, -0.25) is 5.32 Å². The Bertz CT molecular complexity index is 205. The Morgan fingerprint density at radius 1 is 1.50 bits per heavy atom. The highest BCUT2D eigenvalue weighted by molar-refractivity contribution is 4.90. The molecule has 0 radical (unpaired) electrons. The van der Waals surface area contributed by atoms with E-state index in [4.69, 9.17) is 4.74 Å². The van der Waals surface area contributed by atoms with Crippen molar-refractivity contribution in [2.45, 2.75) is 39.0 Å². The molecule has 0 aromatic carbocycles. The maximum Gasteiger partial charge on any atom is 0.112 e. The number of rotatable bonds is 2. The van der Waals surface area contributed by atoms with Gasteiger partial charge in [-0.1, -0.05) is 6.92 Å². The van der Waals surface area contributed by atoms with E-state index in [1.165, 1.54) is 26.1 Å². The van der Waals surface area contributed by atoms with Crippen LogP contribution in [0.2, 0.25) is 0 Å². The Hall–Kier alpha value is -0.120. The molecule has 0 bridgehead atoms. The maximum atomic E-state index is 5.81. The van der Waals surface area contributed by atoms with Gasteiger partial charge in [0.25, 0.3) is 0 Å². The molecule has 2 heterocycles. The zero-order chi connectivity index (χ0) is 10.2. The summed E-state index contributed by atoms with van der Waals surface area (Å²) in [6.07, 6.45) is 1.57. The molecule has 0 amide bonds. The van der Waals surface area contributed by atoms with E-state index in [0.717, 1.165) is 6.61 Å². The number of likely N-dealkylation sites (tertiary alicyclic amines) is 1. The van der Waals surface area contributed by atoms with Gasteiger partial charge in [-0.15, -0.1) is 0 Å². The molecule has 2 unspecified atom stereocenters. The zero-order valence-corrected chi connectivity index (χ0v) is 9.55. The molecule has 2 atom stereocenters. The molecular formula is C11H22N2O. The van der Waals surface area contributed by atoms with Gasteiger partial charge in [-0.05, 0) is 33.4 Å². The number of nitrogens with zero attached hydrogens (tertiary/aromatic N) is 1. The van der Waals surface area contributed by atoms with Crippen molar-refractivity contribution in [1.82, 2.24) is 10.2 Å². The second-order valence-corrected chi connectivity index (χ2v) is 5.20. The van der Waals surface area contributed by atoms with Crippen molar-refractivity contribution in [3.8, 4) is 0 Å². The summed E-state index contributed by atoms with van der Waals surface area (Å²) in [6.45, 7) is 11.1. The normalized spacial score (nSPS) is 37.9. The molecule has 1 N–H and O–H groups in total. The van der Waals surface area contributed by atoms with Crippen LogP contribution in [0, 0.1) is 5.92 Å². The lowest BCUT2D eigenvalue weighted by Crippen LogP contribution is -2.42. The van der Waals surface area contributed by atoms with Gasteiger partial charge in [0.15, 0.2) is 0 Å². The minimum Gasteiger partial charge on any atom is -0.361 e. The Balaban J connectivity index is 1.86. The summed E-state index contributed by atoms with van der Waals surface area (Å²) >= 11 is 0. The highest BCUT2D eigenvalue weighted by atomic mass is 16.5. The number of nitrogens with one attached hydrogen (secondary N) is 1. The number of ether oxygens (including phenoxy) is 1. The van der Waals surface area contributed by atoms with E-state index >= 15 is 0 Å². The first kappa shape index (κ1) is 10.4. The average molecular weight is 198 g/mol. The van der Waals surface area contributed by atoms with E-state index in [2.05, 4.69) is 31.0 Å². The lowest BCUT2D eigenvalue weighted by molar-refractivity contribution is 0.0540. The van der Waals surface area contributed by atoms with Crippen molar-refractivity contribution in [2.24, 2.45) is 5.92 Å². The Morgan fingerprint density at radius 3 is 2.79 bits per heavy atom. The van der Waals surface area contributed by atoms with Gasteiger partial charge in [0.2, 0.25) is 0 Å². The van der Waals surface area contributed by atoms with E-state index in [1.54, 1.807) is 0 Å². The highest BCUT2D eigenvalue weighted by Gasteiger charge is 2.38. The van der Waals surface area contributed by atoms with Crippen LogP contribution in [-0.4, -0.2) is 42.9 Å². The summed E-state index contributed by atoms with van der Waals surface area (Å²) in [5.74, 6) is 0.691. The quantitative estimate of drug-likeness (QED) is 0.718. The largest absolute Gasteiger partial charge is 0.361 e. The van der Waals surface area contributed by atoms with Gasteiger partial charge < -0.3 is 9.64 Å². The average Bonchev–Trinajstić information content (AvgIpc) is 2.70. The molecule has 3 nitrogen and oxygen atoms in total. The van der Waals surface area contributed by atoms with Crippen LogP contribution >= 0.6 is 0 Å². The lowest BCUT2D eigenvalue weighted by Gasteiger charge is -2.21. The molecule has 2 saturated heterocycles. The smallest absolute Gasteiger partial charge is 0.112 e. The number of hydrogen-bond acceptors (Lipinski definition) is 3. The summed E-state index contributed by atoms with van der Waals surface area (Å²) in [5, 5.41) is 3.57. The van der Waals surface area contributed by atoms with Gasteiger partial charge in [0.1, 0.15) is 6.23 Å². The third kappa shape index (κ3) is 2.10. The number of hydrogen-bond donors (Lipinski definition) is 1. The lowest BCUT2D eigenvalue weighted by atomic mass is 10.1. The standard InChI is InChI=1S/C11H22N2O/c1-4-13-6-5-9(7-13)10-12-11(2,3)8-14-10/h9-10,12H,4-8H2,1-3H3. The minimum atomic E-state index is 0.171. The SMILES string of the molecule is CCN1CCC(C2NC(C)(C)CO2)C1. The van der Waals surface area contributed by atoms with Crippen molar-refractivity contribution in [1.29, 1.82) is 0 Å². The van der Waals surface area contributed by atoms with Crippen LogP contribution in [0.25, 0.3) is 0 Å². The van der Waals surface area contributed by atoms with Gasteiger partial charge in [-0.2, -0.15) is 0 Å². The first-order valence-electron chi connectivity index (χ1n) is 5.72. The fraction of sp³-hybridized carbons (Fsp3) is 1.00. The van der Waals surface area contributed by atoms with Crippen molar-refractivity contribution < 1.29 is 4.74 Å². The van der Waals surface area contributed by atoms with Crippen molar-refractivity contribution in [3.05, 3.63) is 0 Å². The van der Waals surface area contributed by atoms with Crippen LogP contribution in [-0.2, 0) is 4.74 Å². The molecule has 0 aromatic rings. The Morgan fingerprint density at radius 2 is 2.29 bits per heavy atom. The Labute approximate surface area is 86.8 Å². The summed E-state index contributed by atoms with van der Waals surface area (Å²) in [4.78, 5) is 2.50. The first-order valence-corrected chi connectivity index (χ1v) is 5.72. The van der Waals surface area contributed by atoms with Gasteiger partial charge in [0, 0.05) is 18.0 Å². The van der Waals surface area contributed by atoms with E-state index in [0.29, 0.717) is 12.1 Å². The van der Waals surface area contributed by atoms with Crippen LogP contribution in [0.15, 0.2) is 0 Å². The van der Waals surface area contributed by atoms with E-state index in [9.17, 15) is 0 Å². The summed E-state index contributed by atoms with van der Waals surface area (Å²) < 4.78 is 5.81. The molecule has 2 aliphatic heterocycles. The molecule has 3 heteroatoms. The Kier molecular flexibility index (Phi) is 2.82. The van der Waals surface area contributed by atoms with Crippen molar-refractivity contribution in [3.63, 3.8) is 0 Å². The molecular weight excluding hydrogens is 176 g/mol. The van der Waals surface area contributed by atoms with Crippen molar-refractivity contribution in [2.75, 3.05) is 26.2 Å². The molecule has 2 fully saturated rings. The van der Waals surface area contributed by atoms with E-state index in [-0.39, 0.29) is 5.54 Å². The first-order chi connectivity index (χ1) is 6.61. The van der Waals surface area contributed by atoms with Crippen LogP contribution < -0.4 is 5.32 Å². The molecule has 0 aliphatic carbocycles. The monoisotopic (exact) mass is 198 g/mol. The molecule has 0 aromatic heterocycles. The van der Waals surface area contributed by atoms with Crippen LogP contribution in [0.3, 0.4) is 0 Å². The molecule has 0 spiro atoms. The molecule has 14 heavy (non-hydrogen) atoms. The molecule has 2 aliphatic rings. The summed E-state index contributed by atoms with van der Waals surface area (Å²) in [6, 6.07) is 0. The van der Waals surface area contributed by atoms with Crippen LogP contribution in [0.1, 0.15) is 27.2 Å². The zero-order valence-electron chi connectivity index (χ0n) is 9.55. The van der Waals surface area contributed by atoms with Crippen LogP contribution in [0.5, 0.6) is 0 Å². The van der Waals surface area contributed by atoms with Gasteiger partial charge in [-0.25, -0.2) is 0 Å². The van der Waals surface area contributed by atoms with Crippen molar-refractivity contribution >= 4 is 0 Å². The summed E-state index contributed by atoms with van der Waals surface area (Å²) in [7, 11) is 0. The van der Waals surface area contributed by atoms with Gasteiger partial charge >= 0.3 is 0 Å².